The largest absolute Gasteiger partial charge is 0.494 e. The molecule has 2 aromatic heterocycles. The Hall–Kier alpha value is -2.37. The lowest BCUT2D eigenvalue weighted by atomic mass is 9.98. The van der Waals surface area contributed by atoms with Crippen molar-refractivity contribution in [3.8, 4) is 5.75 Å². The van der Waals surface area contributed by atoms with E-state index in [1.54, 1.807) is 0 Å². The molecular formula is C17H18FNO4. The van der Waals surface area contributed by atoms with Gasteiger partial charge in [-0.3, -0.25) is 9.20 Å². The molecule has 0 spiro atoms. The van der Waals surface area contributed by atoms with E-state index in [1.807, 2.05) is 13.8 Å². The summed E-state index contributed by atoms with van der Waals surface area (Å²) < 4.78 is 21.0. The van der Waals surface area contributed by atoms with Crippen LogP contribution in [0.4, 0.5) is 4.39 Å². The molecule has 2 aromatic rings. The van der Waals surface area contributed by atoms with Gasteiger partial charge in [0, 0.05) is 11.8 Å². The van der Waals surface area contributed by atoms with Crippen molar-refractivity contribution in [3.05, 3.63) is 45.1 Å². The van der Waals surface area contributed by atoms with E-state index in [0.29, 0.717) is 16.8 Å². The summed E-state index contributed by atoms with van der Waals surface area (Å²) in [6, 6.07) is 1.42. The van der Waals surface area contributed by atoms with Gasteiger partial charge in [-0.15, -0.1) is 0 Å². The molecule has 2 heterocycles. The van der Waals surface area contributed by atoms with Gasteiger partial charge in [0.1, 0.15) is 17.1 Å². The molecule has 0 unspecified atom stereocenters. The quantitative estimate of drug-likeness (QED) is 0.940. The third-order valence-electron chi connectivity index (χ3n) is 4.25. The lowest BCUT2D eigenvalue weighted by Gasteiger charge is -2.19. The van der Waals surface area contributed by atoms with Crippen molar-refractivity contribution in [2.75, 3.05) is 7.11 Å². The topological polar surface area (TPSA) is 68.0 Å². The van der Waals surface area contributed by atoms with E-state index in [1.165, 1.54) is 13.2 Å². The SMILES string of the molecule is COc1c(C(C)C)c(F)cn2c(=O)c(C(=O)O)cc(C3CC3)c12. The highest BCUT2D eigenvalue weighted by molar-refractivity contribution is 5.89. The van der Waals surface area contributed by atoms with Crippen molar-refractivity contribution in [2.45, 2.75) is 38.5 Å². The van der Waals surface area contributed by atoms with Gasteiger partial charge in [0.25, 0.3) is 5.56 Å². The molecule has 5 nitrogen and oxygen atoms in total. The number of ether oxygens (including phenoxy) is 1. The number of aromatic carboxylic acids is 1. The third kappa shape index (κ3) is 2.38. The Morgan fingerprint density at radius 1 is 1.43 bits per heavy atom. The van der Waals surface area contributed by atoms with E-state index in [4.69, 9.17) is 4.74 Å². The zero-order chi connectivity index (χ0) is 16.9. The molecule has 0 atom stereocenters. The van der Waals surface area contributed by atoms with E-state index < -0.39 is 17.3 Å². The van der Waals surface area contributed by atoms with E-state index in [0.717, 1.165) is 29.0 Å². The van der Waals surface area contributed by atoms with Crippen LogP contribution in [0.2, 0.25) is 0 Å². The van der Waals surface area contributed by atoms with Crippen LogP contribution in [0.15, 0.2) is 17.1 Å². The molecular weight excluding hydrogens is 301 g/mol. The Morgan fingerprint density at radius 2 is 2.09 bits per heavy atom. The summed E-state index contributed by atoms with van der Waals surface area (Å²) in [5.74, 6) is -1.51. The maximum Gasteiger partial charge on any atom is 0.341 e. The lowest BCUT2D eigenvalue weighted by Crippen LogP contribution is -2.24. The average molecular weight is 319 g/mol. The number of carboxylic acid groups (broad SMARTS) is 1. The number of halogens is 1. The predicted octanol–water partition coefficient (Wildman–Crippen LogP) is 3.15. The number of pyridine rings is 2. The van der Waals surface area contributed by atoms with Crippen molar-refractivity contribution in [3.63, 3.8) is 0 Å². The van der Waals surface area contributed by atoms with Crippen molar-refractivity contribution < 1.29 is 19.0 Å². The van der Waals surface area contributed by atoms with Crippen molar-refractivity contribution in [1.29, 1.82) is 0 Å². The van der Waals surface area contributed by atoms with Crippen LogP contribution in [0.5, 0.6) is 5.75 Å². The monoisotopic (exact) mass is 319 g/mol. The molecule has 0 saturated heterocycles. The molecule has 1 aliphatic rings. The van der Waals surface area contributed by atoms with Gasteiger partial charge in [0.15, 0.2) is 0 Å². The fraction of sp³-hybridized carbons (Fsp3) is 0.412. The number of hydrogen-bond donors (Lipinski definition) is 1. The smallest absolute Gasteiger partial charge is 0.341 e. The van der Waals surface area contributed by atoms with Crippen LogP contribution < -0.4 is 10.3 Å². The van der Waals surface area contributed by atoms with E-state index >= 15 is 0 Å². The minimum absolute atomic E-state index is 0.128. The number of nitrogens with zero attached hydrogens (tertiary/aromatic N) is 1. The van der Waals surface area contributed by atoms with Gasteiger partial charge in [0.2, 0.25) is 0 Å². The summed E-state index contributed by atoms with van der Waals surface area (Å²) in [4.78, 5) is 23.8. The normalized spacial score (nSPS) is 14.5. The second-order valence-electron chi connectivity index (χ2n) is 6.20. The minimum Gasteiger partial charge on any atom is -0.494 e. The van der Waals surface area contributed by atoms with Gasteiger partial charge in [-0.05, 0) is 36.3 Å². The molecule has 0 amide bonds. The number of carbonyl (C=O) groups is 1. The highest BCUT2D eigenvalue weighted by Crippen LogP contribution is 2.45. The van der Waals surface area contributed by atoms with Crippen LogP contribution in [-0.2, 0) is 0 Å². The summed E-state index contributed by atoms with van der Waals surface area (Å²) in [6.07, 6.45) is 2.92. The zero-order valence-corrected chi connectivity index (χ0v) is 13.2. The molecule has 0 aromatic carbocycles. The van der Waals surface area contributed by atoms with Crippen molar-refractivity contribution in [1.82, 2.24) is 4.40 Å². The fourth-order valence-electron chi connectivity index (χ4n) is 3.04. The Labute approximate surface area is 132 Å². The Balaban J connectivity index is 2.52. The first-order chi connectivity index (χ1) is 10.9. The van der Waals surface area contributed by atoms with Gasteiger partial charge >= 0.3 is 5.97 Å². The fourth-order valence-corrected chi connectivity index (χ4v) is 3.04. The molecule has 6 heteroatoms. The standard InChI is InChI=1S/C17H18FNO4/c1-8(2)13-12(18)7-19-14(15(13)23-3)10(9-4-5-9)6-11(16(19)20)17(21)22/h6-9H,4-5H2,1-3H3,(H,21,22). The maximum atomic E-state index is 14.5. The summed E-state index contributed by atoms with van der Waals surface area (Å²) in [5.41, 5.74) is 0.528. The third-order valence-corrected chi connectivity index (χ3v) is 4.25. The van der Waals surface area contributed by atoms with Gasteiger partial charge in [-0.2, -0.15) is 0 Å². The average Bonchev–Trinajstić information content (AvgIpc) is 3.30. The van der Waals surface area contributed by atoms with Gasteiger partial charge < -0.3 is 9.84 Å². The first-order valence-electron chi connectivity index (χ1n) is 7.55. The Kier molecular flexibility index (Phi) is 3.62. The first kappa shape index (κ1) is 15.5. The predicted molar refractivity (Wildman–Crippen MR) is 83.2 cm³/mol. The molecule has 122 valence electrons. The van der Waals surface area contributed by atoms with Gasteiger partial charge in [0.05, 0.1) is 12.6 Å². The lowest BCUT2D eigenvalue weighted by molar-refractivity contribution is 0.0694. The molecule has 0 radical (unpaired) electrons. The second kappa shape index (κ2) is 5.37. The van der Waals surface area contributed by atoms with Crippen molar-refractivity contribution >= 4 is 11.5 Å². The molecule has 0 bridgehead atoms. The molecule has 3 rings (SSSR count). The molecule has 1 N–H and O–H groups in total. The molecule has 0 aliphatic heterocycles. The number of methoxy groups -OCH3 is 1. The number of carboxylic acids is 1. The molecule has 1 aliphatic carbocycles. The Bertz CT molecular complexity index is 865. The van der Waals surface area contributed by atoms with Gasteiger partial charge in [-0.25, -0.2) is 9.18 Å². The minimum atomic E-state index is -1.31. The van der Waals surface area contributed by atoms with Crippen molar-refractivity contribution in [2.24, 2.45) is 0 Å². The number of rotatable bonds is 4. The second-order valence-corrected chi connectivity index (χ2v) is 6.20. The Morgan fingerprint density at radius 3 is 2.57 bits per heavy atom. The van der Waals surface area contributed by atoms with E-state index in [2.05, 4.69) is 0 Å². The van der Waals surface area contributed by atoms with E-state index in [-0.39, 0.29) is 17.4 Å². The molecule has 23 heavy (non-hydrogen) atoms. The highest BCUT2D eigenvalue weighted by atomic mass is 19.1. The zero-order valence-electron chi connectivity index (χ0n) is 13.2. The summed E-state index contributed by atoms with van der Waals surface area (Å²) >= 11 is 0. The van der Waals surface area contributed by atoms with Crippen LogP contribution >= 0.6 is 0 Å². The first-order valence-corrected chi connectivity index (χ1v) is 7.55. The highest BCUT2D eigenvalue weighted by Gasteiger charge is 2.31. The van der Waals surface area contributed by atoms with Crippen LogP contribution in [0.1, 0.15) is 60.0 Å². The summed E-state index contributed by atoms with van der Waals surface area (Å²) in [6.45, 7) is 3.69. The van der Waals surface area contributed by atoms with Crippen LogP contribution in [0.25, 0.3) is 5.52 Å². The number of fused-ring (bicyclic) bond motifs is 1. The maximum absolute atomic E-state index is 14.5. The van der Waals surface area contributed by atoms with Crippen LogP contribution in [-0.4, -0.2) is 22.6 Å². The number of hydrogen-bond acceptors (Lipinski definition) is 3. The van der Waals surface area contributed by atoms with Gasteiger partial charge in [-0.1, -0.05) is 13.8 Å². The van der Waals surface area contributed by atoms with Crippen LogP contribution in [0, 0.1) is 5.82 Å². The summed E-state index contributed by atoms with van der Waals surface area (Å²) in [5, 5.41) is 9.25. The van der Waals surface area contributed by atoms with E-state index in [9.17, 15) is 19.1 Å². The summed E-state index contributed by atoms with van der Waals surface area (Å²) in [7, 11) is 1.44. The molecule has 1 fully saturated rings. The van der Waals surface area contributed by atoms with Crippen LogP contribution in [0.3, 0.4) is 0 Å². The number of aromatic nitrogens is 1. The molecule has 1 saturated carbocycles.